The van der Waals surface area contributed by atoms with Crippen molar-refractivity contribution in [2.45, 2.75) is 6.04 Å². The largest absolute Gasteiger partial charge is 0.307 e. The van der Waals surface area contributed by atoms with Crippen molar-refractivity contribution in [3.8, 4) is 0 Å². The van der Waals surface area contributed by atoms with Crippen molar-refractivity contribution in [3.05, 3.63) is 29.0 Å². The number of rotatable bonds is 3. The summed E-state index contributed by atoms with van der Waals surface area (Å²) in [4.78, 5) is 0. The molecule has 1 unspecified atom stereocenters. The first-order chi connectivity index (χ1) is 6.81. The highest BCUT2D eigenvalue weighted by Gasteiger charge is 2.16. The van der Waals surface area contributed by atoms with Crippen molar-refractivity contribution in [2.75, 3.05) is 7.05 Å². The first-order valence-corrected chi connectivity index (χ1v) is 5.08. The van der Waals surface area contributed by atoms with Crippen LogP contribution >= 0.6 is 11.5 Å². The van der Waals surface area contributed by atoms with Gasteiger partial charge in [0, 0.05) is 18.6 Å². The SMILES string of the molecule is CNC(c1csnn1)c1ccn(C)n1. The van der Waals surface area contributed by atoms with Gasteiger partial charge in [-0.05, 0) is 24.6 Å². The average Bonchev–Trinajstić information content (AvgIpc) is 2.79. The van der Waals surface area contributed by atoms with E-state index in [4.69, 9.17) is 0 Å². The third-order valence-corrected chi connectivity index (χ3v) is 2.51. The molecular formula is C8H11N5S. The molecule has 5 nitrogen and oxygen atoms in total. The van der Waals surface area contributed by atoms with Crippen LogP contribution in [0.5, 0.6) is 0 Å². The van der Waals surface area contributed by atoms with Gasteiger partial charge in [0.2, 0.25) is 0 Å². The maximum absolute atomic E-state index is 4.33. The number of hydrogen-bond acceptors (Lipinski definition) is 5. The molecule has 2 rings (SSSR count). The third kappa shape index (κ3) is 1.66. The summed E-state index contributed by atoms with van der Waals surface area (Å²) in [5, 5.41) is 13.4. The van der Waals surface area contributed by atoms with Crippen LogP contribution in [0.1, 0.15) is 17.4 Å². The Morgan fingerprint density at radius 1 is 1.50 bits per heavy atom. The van der Waals surface area contributed by atoms with E-state index < -0.39 is 0 Å². The first-order valence-electron chi connectivity index (χ1n) is 4.25. The fraction of sp³-hybridized carbons (Fsp3) is 0.375. The molecule has 0 aliphatic carbocycles. The van der Waals surface area contributed by atoms with Crippen LogP contribution in [0.25, 0.3) is 0 Å². The highest BCUT2D eigenvalue weighted by Crippen LogP contribution is 2.18. The van der Waals surface area contributed by atoms with E-state index in [0.717, 1.165) is 11.4 Å². The Labute approximate surface area is 85.9 Å². The lowest BCUT2D eigenvalue weighted by Gasteiger charge is -2.09. The van der Waals surface area contributed by atoms with Gasteiger partial charge in [0.25, 0.3) is 0 Å². The Bertz CT molecular complexity index is 394. The van der Waals surface area contributed by atoms with E-state index in [0.29, 0.717) is 0 Å². The summed E-state index contributed by atoms with van der Waals surface area (Å²) in [7, 11) is 3.79. The number of nitrogens with one attached hydrogen (secondary N) is 1. The van der Waals surface area contributed by atoms with Crippen molar-refractivity contribution in [2.24, 2.45) is 7.05 Å². The molecule has 0 spiro atoms. The minimum absolute atomic E-state index is 0.0370. The number of aryl methyl sites for hydroxylation is 1. The van der Waals surface area contributed by atoms with Gasteiger partial charge >= 0.3 is 0 Å². The summed E-state index contributed by atoms with van der Waals surface area (Å²) in [6, 6.07) is 2.01. The zero-order valence-electron chi connectivity index (χ0n) is 8.01. The van der Waals surface area contributed by atoms with Crippen LogP contribution in [-0.4, -0.2) is 26.4 Å². The predicted octanol–water partition coefficient (Wildman–Crippen LogP) is 0.580. The van der Waals surface area contributed by atoms with E-state index in [1.165, 1.54) is 11.5 Å². The van der Waals surface area contributed by atoms with Gasteiger partial charge in [0.15, 0.2) is 0 Å². The second-order valence-corrected chi connectivity index (χ2v) is 3.58. The highest BCUT2D eigenvalue weighted by molar-refractivity contribution is 7.03. The molecule has 0 saturated carbocycles. The van der Waals surface area contributed by atoms with Gasteiger partial charge in [-0.25, -0.2) is 0 Å². The molecule has 14 heavy (non-hydrogen) atoms. The summed E-state index contributed by atoms with van der Waals surface area (Å²) < 4.78 is 5.62. The molecule has 2 aromatic rings. The van der Waals surface area contributed by atoms with Crippen LogP contribution < -0.4 is 5.32 Å². The monoisotopic (exact) mass is 209 g/mol. The quantitative estimate of drug-likeness (QED) is 0.803. The van der Waals surface area contributed by atoms with Crippen LogP contribution in [-0.2, 0) is 7.05 Å². The zero-order valence-corrected chi connectivity index (χ0v) is 8.82. The maximum atomic E-state index is 4.33. The lowest BCUT2D eigenvalue weighted by molar-refractivity contribution is 0.626. The van der Waals surface area contributed by atoms with Crippen LogP contribution in [0.4, 0.5) is 0 Å². The van der Waals surface area contributed by atoms with Gasteiger partial charge in [-0.15, -0.1) is 5.10 Å². The van der Waals surface area contributed by atoms with Crippen LogP contribution in [0.3, 0.4) is 0 Å². The number of hydrogen-bond donors (Lipinski definition) is 1. The maximum Gasteiger partial charge on any atom is 0.0986 e. The van der Waals surface area contributed by atoms with Crippen molar-refractivity contribution in [3.63, 3.8) is 0 Å². The molecule has 74 valence electrons. The molecule has 0 saturated heterocycles. The molecular weight excluding hydrogens is 198 g/mol. The van der Waals surface area contributed by atoms with Crippen molar-refractivity contribution >= 4 is 11.5 Å². The Morgan fingerprint density at radius 2 is 2.36 bits per heavy atom. The normalized spacial score (nSPS) is 13.0. The van der Waals surface area contributed by atoms with Gasteiger partial charge in [-0.1, -0.05) is 4.49 Å². The number of aromatic nitrogens is 4. The van der Waals surface area contributed by atoms with Crippen molar-refractivity contribution in [1.29, 1.82) is 0 Å². The second kappa shape index (κ2) is 3.85. The first kappa shape index (κ1) is 9.29. The Hall–Kier alpha value is -1.27. The second-order valence-electron chi connectivity index (χ2n) is 2.97. The van der Waals surface area contributed by atoms with Crippen LogP contribution in [0.15, 0.2) is 17.6 Å². The molecule has 1 N–H and O–H groups in total. The molecule has 6 heteroatoms. The topological polar surface area (TPSA) is 55.6 Å². The average molecular weight is 209 g/mol. The molecule has 2 aromatic heterocycles. The lowest BCUT2D eigenvalue weighted by Crippen LogP contribution is -2.18. The van der Waals surface area contributed by atoms with Gasteiger partial charge in [0.05, 0.1) is 17.4 Å². The summed E-state index contributed by atoms with van der Waals surface area (Å²) in [6.07, 6.45) is 1.92. The summed E-state index contributed by atoms with van der Waals surface area (Å²) in [6.45, 7) is 0. The van der Waals surface area contributed by atoms with E-state index in [2.05, 4.69) is 20.0 Å². The third-order valence-electron chi connectivity index (χ3n) is 1.99. The smallest absolute Gasteiger partial charge is 0.0986 e. The Morgan fingerprint density at radius 3 is 2.86 bits per heavy atom. The molecule has 0 radical (unpaired) electrons. The van der Waals surface area contributed by atoms with Gasteiger partial charge in [0.1, 0.15) is 0 Å². The van der Waals surface area contributed by atoms with E-state index in [9.17, 15) is 0 Å². The summed E-state index contributed by atoms with van der Waals surface area (Å²) in [5.74, 6) is 0. The predicted molar refractivity (Wildman–Crippen MR) is 54.0 cm³/mol. The van der Waals surface area contributed by atoms with Crippen LogP contribution in [0.2, 0.25) is 0 Å². The summed E-state index contributed by atoms with van der Waals surface area (Å²) in [5.41, 5.74) is 1.87. The standard InChI is InChI=1S/C8H11N5S/c1-9-8(7-5-14-12-10-7)6-3-4-13(2)11-6/h3-5,8-9H,1-2H3. The molecule has 0 aliphatic rings. The van der Waals surface area contributed by atoms with E-state index in [1.807, 2.05) is 31.7 Å². The van der Waals surface area contributed by atoms with E-state index in [-0.39, 0.29) is 6.04 Å². The fourth-order valence-electron chi connectivity index (χ4n) is 1.33. The molecule has 2 heterocycles. The molecule has 0 amide bonds. The molecule has 1 atom stereocenters. The minimum Gasteiger partial charge on any atom is -0.307 e. The van der Waals surface area contributed by atoms with E-state index in [1.54, 1.807) is 4.68 Å². The van der Waals surface area contributed by atoms with Gasteiger partial charge in [-0.2, -0.15) is 5.10 Å². The molecule has 0 fully saturated rings. The Balaban J connectivity index is 2.31. The van der Waals surface area contributed by atoms with Gasteiger partial charge in [-0.3, -0.25) is 4.68 Å². The number of nitrogens with zero attached hydrogens (tertiary/aromatic N) is 4. The summed E-state index contributed by atoms with van der Waals surface area (Å²) >= 11 is 1.35. The minimum atomic E-state index is 0.0370. The van der Waals surface area contributed by atoms with Gasteiger partial charge < -0.3 is 5.32 Å². The zero-order chi connectivity index (χ0) is 9.97. The van der Waals surface area contributed by atoms with Crippen molar-refractivity contribution in [1.82, 2.24) is 24.7 Å². The molecule has 0 bridgehead atoms. The van der Waals surface area contributed by atoms with E-state index >= 15 is 0 Å². The lowest BCUT2D eigenvalue weighted by atomic mass is 10.1. The Kier molecular flexibility index (Phi) is 2.55. The van der Waals surface area contributed by atoms with Crippen LogP contribution in [0, 0.1) is 0 Å². The molecule has 0 aliphatic heterocycles. The fourth-order valence-corrected chi connectivity index (χ4v) is 1.81. The highest BCUT2D eigenvalue weighted by atomic mass is 32.1. The molecule has 0 aromatic carbocycles. The van der Waals surface area contributed by atoms with Crippen molar-refractivity contribution < 1.29 is 0 Å².